The number of ether oxygens (including phenoxy) is 1. The minimum absolute atomic E-state index is 0.832. The van der Waals surface area contributed by atoms with E-state index in [1.165, 1.54) is 38.2 Å². The lowest BCUT2D eigenvalue weighted by Crippen LogP contribution is -3.14. The van der Waals surface area contributed by atoms with Crippen LogP contribution < -0.4 is 10.2 Å². The third-order valence-electron chi connectivity index (χ3n) is 3.41. The predicted molar refractivity (Wildman–Crippen MR) is 72.9 cm³/mol. The number of rotatable bonds is 6. The maximum absolute atomic E-state index is 5.96. The van der Waals surface area contributed by atoms with E-state index in [1.54, 1.807) is 4.90 Å². The number of halogens is 1. The van der Waals surface area contributed by atoms with Crippen molar-refractivity contribution in [3.8, 4) is 0 Å². The van der Waals surface area contributed by atoms with E-state index < -0.39 is 0 Å². The topological polar surface area (TPSA) is 30.3 Å². The Morgan fingerprint density at radius 1 is 1.28 bits per heavy atom. The molecule has 1 aromatic carbocycles. The van der Waals surface area contributed by atoms with Gasteiger partial charge >= 0.3 is 0 Å². The summed E-state index contributed by atoms with van der Waals surface area (Å²) in [5.74, 6) is 0. The lowest BCUT2D eigenvalue weighted by molar-refractivity contribution is -0.909. The minimum Gasteiger partial charge on any atom is -0.370 e. The number of hydrogen-bond acceptors (Lipinski definition) is 1. The number of nitrogens with two attached hydrogens (primary N) is 1. The van der Waals surface area contributed by atoms with Crippen LogP contribution in [0, 0.1) is 0 Å². The summed E-state index contributed by atoms with van der Waals surface area (Å²) in [5, 5.41) is 3.20. The zero-order valence-corrected chi connectivity index (χ0v) is 11.6. The van der Waals surface area contributed by atoms with Gasteiger partial charge in [-0.25, -0.2) is 0 Å². The van der Waals surface area contributed by atoms with Gasteiger partial charge in [-0.05, 0) is 12.1 Å². The Kier molecular flexibility index (Phi) is 5.94. The van der Waals surface area contributed by atoms with Gasteiger partial charge in [-0.1, -0.05) is 23.7 Å². The Morgan fingerprint density at radius 3 is 2.89 bits per heavy atom. The Hall–Kier alpha value is -0.610. The van der Waals surface area contributed by atoms with Crippen LogP contribution in [0.4, 0.5) is 0 Å². The summed E-state index contributed by atoms with van der Waals surface area (Å²) in [7, 11) is 0. The van der Waals surface area contributed by atoms with Gasteiger partial charge in [-0.3, -0.25) is 0 Å². The van der Waals surface area contributed by atoms with E-state index in [9.17, 15) is 0 Å². The lowest BCUT2D eigenvalue weighted by atomic mass is 10.2. The lowest BCUT2D eigenvalue weighted by Gasteiger charge is -2.23. The second-order valence-corrected chi connectivity index (χ2v) is 5.31. The number of hydrogen-bond donors (Lipinski definition) is 2. The molecule has 1 saturated heterocycles. The molecule has 1 aromatic rings. The zero-order valence-electron chi connectivity index (χ0n) is 10.8. The zero-order chi connectivity index (χ0) is 12.6. The van der Waals surface area contributed by atoms with E-state index >= 15 is 0 Å². The van der Waals surface area contributed by atoms with Gasteiger partial charge in [-0.2, -0.15) is 0 Å². The van der Waals surface area contributed by atoms with Crippen molar-refractivity contribution in [2.45, 2.75) is 13.0 Å². The molecule has 0 atom stereocenters. The second kappa shape index (κ2) is 7.74. The average molecular weight is 271 g/mol. The highest BCUT2D eigenvalue weighted by Crippen LogP contribution is 2.09. The first-order valence-electron chi connectivity index (χ1n) is 6.82. The summed E-state index contributed by atoms with van der Waals surface area (Å²) in [6.07, 6.45) is 1.27. The highest BCUT2D eigenvalue weighted by Gasteiger charge is 2.12. The van der Waals surface area contributed by atoms with Crippen molar-refractivity contribution in [3.63, 3.8) is 0 Å². The summed E-state index contributed by atoms with van der Waals surface area (Å²) in [5.41, 5.74) is 1.31. The van der Waals surface area contributed by atoms with Crippen LogP contribution in [0.1, 0.15) is 12.0 Å². The molecule has 0 saturated carbocycles. The number of quaternary nitrogens is 2. The maximum atomic E-state index is 5.96. The molecule has 0 aromatic heterocycles. The van der Waals surface area contributed by atoms with Crippen molar-refractivity contribution in [2.75, 3.05) is 39.4 Å². The quantitative estimate of drug-likeness (QED) is 0.684. The molecule has 2 rings (SSSR count). The van der Waals surface area contributed by atoms with Crippen LogP contribution in [0.15, 0.2) is 24.3 Å². The molecule has 0 bridgehead atoms. The summed E-state index contributed by atoms with van der Waals surface area (Å²) < 4.78 is 5.36. The highest BCUT2D eigenvalue weighted by atomic mass is 35.5. The van der Waals surface area contributed by atoms with Crippen molar-refractivity contribution in [3.05, 3.63) is 34.9 Å². The molecule has 3 N–H and O–H groups in total. The van der Waals surface area contributed by atoms with Gasteiger partial charge in [-0.15, -0.1) is 0 Å². The van der Waals surface area contributed by atoms with Crippen LogP contribution in [0.25, 0.3) is 0 Å². The maximum Gasteiger partial charge on any atom is 0.101 e. The van der Waals surface area contributed by atoms with Gasteiger partial charge in [0.25, 0.3) is 0 Å². The highest BCUT2D eigenvalue weighted by molar-refractivity contribution is 6.30. The van der Waals surface area contributed by atoms with Gasteiger partial charge in [0.1, 0.15) is 19.6 Å². The second-order valence-electron chi connectivity index (χ2n) is 4.88. The fourth-order valence-corrected chi connectivity index (χ4v) is 2.55. The largest absolute Gasteiger partial charge is 0.370 e. The van der Waals surface area contributed by atoms with Crippen molar-refractivity contribution < 1.29 is 15.0 Å². The average Bonchev–Trinajstić information content (AvgIpc) is 2.40. The van der Waals surface area contributed by atoms with Crippen LogP contribution in [-0.4, -0.2) is 39.4 Å². The van der Waals surface area contributed by atoms with Crippen molar-refractivity contribution in [2.24, 2.45) is 0 Å². The molecule has 0 spiro atoms. The Labute approximate surface area is 114 Å². The molecule has 0 radical (unpaired) electrons. The van der Waals surface area contributed by atoms with Gasteiger partial charge < -0.3 is 15.0 Å². The first-order valence-corrected chi connectivity index (χ1v) is 7.20. The molecule has 1 fully saturated rings. The first kappa shape index (κ1) is 13.8. The van der Waals surface area contributed by atoms with E-state index in [4.69, 9.17) is 16.3 Å². The summed E-state index contributed by atoms with van der Waals surface area (Å²) >= 11 is 5.96. The van der Waals surface area contributed by atoms with Crippen LogP contribution in [0.2, 0.25) is 5.02 Å². The smallest absolute Gasteiger partial charge is 0.101 e. The molecule has 0 unspecified atom stereocenters. The Bertz CT molecular complexity index is 353. The van der Waals surface area contributed by atoms with Crippen LogP contribution in [-0.2, 0) is 11.3 Å². The molecule has 1 heterocycles. The van der Waals surface area contributed by atoms with Crippen LogP contribution >= 0.6 is 11.6 Å². The fourth-order valence-electron chi connectivity index (χ4n) is 2.34. The molecular formula is C14H23ClN2O+2. The Morgan fingerprint density at radius 2 is 2.11 bits per heavy atom. The third kappa shape index (κ3) is 4.94. The molecule has 0 aliphatic carbocycles. The predicted octanol–water partition coefficient (Wildman–Crippen LogP) is -0.291. The molecule has 100 valence electrons. The SMILES string of the molecule is Clc1cccc(C[NH2+]CCC[NH+]2CCOCC2)c1. The third-order valence-corrected chi connectivity index (χ3v) is 3.64. The van der Waals surface area contributed by atoms with Gasteiger partial charge in [0.05, 0.1) is 26.3 Å². The van der Waals surface area contributed by atoms with Crippen LogP contribution in [0.3, 0.4) is 0 Å². The number of morpholine rings is 1. The minimum atomic E-state index is 0.832. The van der Waals surface area contributed by atoms with Crippen molar-refractivity contribution >= 4 is 11.6 Å². The van der Waals surface area contributed by atoms with Gasteiger partial charge in [0.15, 0.2) is 0 Å². The molecule has 4 heteroatoms. The molecule has 0 amide bonds. The molecular weight excluding hydrogens is 248 g/mol. The molecule has 1 aliphatic heterocycles. The molecule has 3 nitrogen and oxygen atoms in total. The van der Waals surface area contributed by atoms with E-state index in [1.807, 2.05) is 18.2 Å². The summed E-state index contributed by atoms with van der Waals surface area (Å²) in [4.78, 5) is 1.69. The Balaban J connectivity index is 1.55. The standard InChI is InChI=1S/C14H21ClN2O/c15-14-4-1-3-13(11-14)12-16-5-2-6-17-7-9-18-10-8-17/h1,3-4,11,16H,2,5-10,12H2/p+2. The number of benzene rings is 1. The fraction of sp³-hybridized carbons (Fsp3) is 0.571. The molecule has 1 aliphatic rings. The van der Waals surface area contributed by atoms with E-state index in [2.05, 4.69) is 11.4 Å². The molecule has 18 heavy (non-hydrogen) atoms. The van der Waals surface area contributed by atoms with E-state index in [0.717, 1.165) is 24.8 Å². The van der Waals surface area contributed by atoms with Gasteiger partial charge in [0.2, 0.25) is 0 Å². The van der Waals surface area contributed by atoms with E-state index in [0.29, 0.717) is 0 Å². The summed E-state index contributed by atoms with van der Waals surface area (Å²) in [6.45, 7) is 7.71. The van der Waals surface area contributed by atoms with Crippen molar-refractivity contribution in [1.82, 2.24) is 0 Å². The van der Waals surface area contributed by atoms with Crippen molar-refractivity contribution in [1.29, 1.82) is 0 Å². The number of nitrogens with one attached hydrogen (secondary N) is 1. The van der Waals surface area contributed by atoms with E-state index in [-0.39, 0.29) is 0 Å². The van der Waals surface area contributed by atoms with Crippen LogP contribution in [0.5, 0.6) is 0 Å². The monoisotopic (exact) mass is 270 g/mol. The normalized spacial score (nSPS) is 16.9. The first-order chi connectivity index (χ1) is 8.84. The summed E-state index contributed by atoms with van der Waals surface area (Å²) in [6, 6.07) is 8.12. The van der Waals surface area contributed by atoms with Gasteiger partial charge in [0, 0.05) is 17.0 Å².